The number of benzene rings is 1. The van der Waals surface area contributed by atoms with Crippen LogP contribution in [0.5, 0.6) is 0 Å². The molecule has 0 N–H and O–H groups in total. The van der Waals surface area contributed by atoms with Gasteiger partial charge in [-0.15, -0.1) is 11.6 Å². The number of rotatable bonds is 7. The Morgan fingerprint density at radius 1 is 1.33 bits per heavy atom. The van der Waals surface area contributed by atoms with Crippen LogP contribution in [0.25, 0.3) is 0 Å². The highest BCUT2D eigenvalue weighted by Gasteiger charge is 2.27. The minimum absolute atomic E-state index is 0.0911. The maximum atomic E-state index is 13.3. The van der Waals surface area contributed by atoms with Crippen molar-refractivity contribution < 1.29 is 4.39 Å². The summed E-state index contributed by atoms with van der Waals surface area (Å²) in [5.41, 5.74) is 1.11. The molecular weight excluding hydrogens is 315 g/mol. The van der Waals surface area contributed by atoms with Crippen molar-refractivity contribution in [2.24, 2.45) is 5.41 Å². The van der Waals surface area contributed by atoms with Gasteiger partial charge in [-0.3, -0.25) is 0 Å². The van der Waals surface area contributed by atoms with E-state index in [4.69, 9.17) is 11.6 Å². The van der Waals surface area contributed by atoms with Gasteiger partial charge in [0, 0.05) is 10.4 Å². The molecule has 3 heteroatoms. The Balaban J connectivity index is 2.91. The summed E-state index contributed by atoms with van der Waals surface area (Å²) in [6.07, 6.45) is 5.31. The van der Waals surface area contributed by atoms with Crippen LogP contribution in [0.15, 0.2) is 22.7 Å². The molecule has 0 saturated heterocycles. The lowest BCUT2D eigenvalue weighted by Gasteiger charge is -2.31. The highest BCUT2D eigenvalue weighted by Crippen LogP contribution is 2.36. The van der Waals surface area contributed by atoms with Crippen LogP contribution in [0.2, 0.25) is 0 Å². The number of unbranched alkanes of at least 4 members (excludes halogenated alkanes) is 1. The van der Waals surface area contributed by atoms with Gasteiger partial charge in [-0.1, -0.05) is 42.6 Å². The zero-order chi connectivity index (χ0) is 13.6. The summed E-state index contributed by atoms with van der Waals surface area (Å²) >= 11 is 9.69. The Kier molecular flexibility index (Phi) is 6.65. The first-order chi connectivity index (χ1) is 8.56. The molecule has 1 unspecified atom stereocenters. The molecule has 0 aliphatic carbocycles. The summed E-state index contributed by atoms with van der Waals surface area (Å²) in [5, 5.41) is 0. The van der Waals surface area contributed by atoms with Gasteiger partial charge in [-0.05, 0) is 48.4 Å². The molecule has 102 valence electrons. The lowest BCUT2D eigenvalue weighted by Crippen LogP contribution is -2.25. The number of hydrogen-bond acceptors (Lipinski definition) is 0. The maximum absolute atomic E-state index is 13.3. The van der Waals surface area contributed by atoms with E-state index >= 15 is 0 Å². The molecule has 0 aliphatic rings. The Labute approximate surface area is 123 Å². The summed E-state index contributed by atoms with van der Waals surface area (Å²) in [6.45, 7) is 4.36. The molecule has 0 radical (unpaired) electrons. The van der Waals surface area contributed by atoms with Crippen molar-refractivity contribution in [3.63, 3.8) is 0 Å². The van der Waals surface area contributed by atoms with Gasteiger partial charge in [-0.25, -0.2) is 4.39 Å². The van der Waals surface area contributed by atoms with Gasteiger partial charge in [0.15, 0.2) is 0 Å². The molecule has 1 aromatic carbocycles. The predicted octanol–water partition coefficient (Wildman–Crippen LogP) is 5.96. The van der Waals surface area contributed by atoms with E-state index in [0.717, 1.165) is 29.3 Å². The largest absolute Gasteiger partial charge is 0.207 e. The fraction of sp³-hybridized carbons (Fsp3) is 0.600. The monoisotopic (exact) mass is 334 g/mol. The molecule has 18 heavy (non-hydrogen) atoms. The second-order valence-corrected chi connectivity index (χ2v) is 6.12. The molecule has 0 fully saturated rings. The first-order valence-electron chi connectivity index (χ1n) is 6.57. The molecule has 1 atom stereocenters. The molecule has 0 spiro atoms. The van der Waals surface area contributed by atoms with Gasteiger partial charge in [0.25, 0.3) is 0 Å². The van der Waals surface area contributed by atoms with Crippen molar-refractivity contribution >= 4 is 27.5 Å². The summed E-state index contributed by atoms with van der Waals surface area (Å²) in [4.78, 5) is 0. The first-order valence-corrected chi connectivity index (χ1v) is 7.89. The van der Waals surface area contributed by atoms with Crippen molar-refractivity contribution in [1.82, 2.24) is 0 Å². The Morgan fingerprint density at radius 3 is 2.61 bits per heavy atom. The topological polar surface area (TPSA) is 0 Å². The van der Waals surface area contributed by atoms with Crippen LogP contribution in [-0.2, 0) is 6.42 Å². The van der Waals surface area contributed by atoms with E-state index in [2.05, 4.69) is 29.8 Å². The van der Waals surface area contributed by atoms with E-state index in [1.165, 1.54) is 18.9 Å². The first kappa shape index (κ1) is 16.0. The van der Waals surface area contributed by atoms with E-state index in [9.17, 15) is 4.39 Å². The van der Waals surface area contributed by atoms with Crippen LogP contribution < -0.4 is 0 Å². The van der Waals surface area contributed by atoms with E-state index in [1.807, 2.05) is 0 Å². The van der Waals surface area contributed by atoms with Gasteiger partial charge < -0.3 is 0 Å². The van der Waals surface area contributed by atoms with E-state index in [0.29, 0.717) is 5.88 Å². The average molecular weight is 336 g/mol. The summed E-state index contributed by atoms with van der Waals surface area (Å²) in [6, 6.07) is 4.88. The van der Waals surface area contributed by atoms with Gasteiger partial charge in [0.2, 0.25) is 0 Å². The van der Waals surface area contributed by atoms with E-state index < -0.39 is 0 Å². The molecule has 0 saturated carbocycles. The lowest BCUT2D eigenvalue weighted by atomic mass is 9.77. The molecule has 0 aromatic heterocycles. The van der Waals surface area contributed by atoms with Crippen LogP contribution in [0.3, 0.4) is 0 Å². The smallest absolute Gasteiger partial charge is 0.123 e. The van der Waals surface area contributed by atoms with Crippen LogP contribution in [0.1, 0.15) is 45.1 Å². The zero-order valence-corrected chi connectivity index (χ0v) is 13.5. The number of hydrogen-bond donors (Lipinski definition) is 0. The Morgan fingerprint density at radius 2 is 2.06 bits per heavy atom. The van der Waals surface area contributed by atoms with Gasteiger partial charge in [0.05, 0.1) is 0 Å². The van der Waals surface area contributed by atoms with Crippen LogP contribution in [0, 0.1) is 11.2 Å². The third-order valence-electron chi connectivity index (χ3n) is 3.67. The molecule has 0 aliphatic heterocycles. The minimum Gasteiger partial charge on any atom is -0.207 e. The Bertz CT molecular complexity index is 375. The fourth-order valence-corrected chi connectivity index (χ4v) is 3.04. The van der Waals surface area contributed by atoms with Crippen molar-refractivity contribution in [2.75, 3.05) is 5.88 Å². The lowest BCUT2D eigenvalue weighted by molar-refractivity contribution is 0.278. The van der Waals surface area contributed by atoms with Crippen molar-refractivity contribution in [3.8, 4) is 0 Å². The van der Waals surface area contributed by atoms with Crippen LogP contribution in [-0.4, -0.2) is 5.88 Å². The fourth-order valence-electron chi connectivity index (χ4n) is 2.23. The van der Waals surface area contributed by atoms with Gasteiger partial charge in [-0.2, -0.15) is 0 Å². The molecule has 0 amide bonds. The van der Waals surface area contributed by atoms with Gasteiger partial charge >= 0.3 is 0 Å². The second kappa shape index (κ2) is 7.49. The SMILES string of the molecule is CCCCC(CC)(CCl)Cc1cc(F)ccc1Br. The highest BCUT2D eigenvalue weighted by atomic mass is 79.9. The van der Waals surface area contributed by atoms with Crippen molar-refractivity contribution in [1.29, 1.82) is 0 Å². The van der Waals surface area contributed by atoms with Crippen molar-refractivity contribution in [2.45, 2.75) is 46.0 Å². The van der Waals surface area contributed by atoms with Crippen molar-refractivity contribution in [3.05, 3.63) is 34.1 Å². The quantitative estimate of drug-likeness (QED) is 0.540. The zero-order valence-electron chi connectivity index (χ0n) is 11.1. The standard InChI is InChI=1S/C15H21BrClF/c1-3-5-8-15(4-2,11-17)10-12-9-13(18)6-7-14(12)16/h6-7,9H,3-5,8,10-11H2,1-2H3. The maximum Gasteiger partial charge on any atom is 0.123 e. The van der Waals surface area contributed by atoms with Crippen LogP contribution in [0.4, 0.5) is 4.39 Å². The average Bonchev–Trinajstić information content (AvgIpc) is 2.39. The van der Waals surface area contributed by atoms with E-state index in [-0.39, 0.29) is 11.2 Å². The normalized spacial score (nSPS) is 14.5. The third-order valence-corrected chi connectivity index (χ3v) is 5.01. The predicted molar refractivity (Wildman–Crippen MR) is 80.8 cm³/mol. The third kappa shape index (κ3) is 4.24. The molecule has 0 bridgehead atoms. The van der Waals surface area contributed by atoms with Gasteiger partial charge in [0.1, 0.15) is 5.82 Å². The number of halogens is 3. The highest BCUT2D eigenvalue weighted by molar-refractivity contribution is 9.10. The molecule has 1 aromatic rings. The molecule has 0 heterocycles. The summed E-state index contributed by atoms with van der Waals surface area (Å²) in [7, 11) is 0. The number of alkyl halides is 1. The molecular formula is C15H21BrClF. The second-order valence-electron chi connectivity index (χ2n) is 5.00. The Hall–Kier alpha value is -0.0800. The molecule has 1 rings (SSSR count). The molecule has 0 nitrogen and oxygen atoms in total. The summed E-state index contributed by atoms with van der Waals surface area (Å²) < 4.78 is 14.3. The van der Waals surface area contributed by atoms with Crippen LogP contribution >= 0.6 is 27.5 Å². The summed E-state index contributed by atoms with van der Waals surface area (Å²) in [5.74, 6) is 0.454. The van der Waals surface area contributed by atoms with E-state index in [1.54, 1.807) is 12.1 Å². The minimum atomic E-state index is -0.178.